The van der Waals surface area contributed by atoms with Gasteiger partial charge in [-0.2, -0.15) is 0 Å². The average Bonchev–Trinajstić information content (AvgIpc) is 2.83. The first-order valence-corrected chi connectivity index (χ1v) is 10.1. The molecule has 5 heteroatoms. The molecule has 31 heavy (non-hydrogen) atoms. The summed E-state index contributed by atoms with van der Waals surface area (Å²) >= 11 is 0. The van der Waals surface area contributed by atoms with Crippen molar-refractivity contribution >= 4 is 11.9 Å². The van der Waals surface area contributed by atoms with Gasteiger partial charge in [0, 0.05) is 6.42 Å². The van der Waals surface area contributed by atoms with Crippen LogP contribution in [0.4, 0.5) is 0 Å². The van der Waals surface area contributed by atoms with Crippen LogP contribution in [0.5, 0.6) is 5.75 Å². The molecule has 160 valence electrons. The minimum Gasteiger partial charge on any atom is -0.496 e. The molecule has 5 nitrogen and oxygen atoms in total. The Morgan fingerprint density at radius 3 is 1.87 bits per heavy atom. The molecule has 0 fully saturated rings. The Labute approximate surface area is 183 Å². The molecule has 0 radical (unpaired) electrons. The van der Waals surface area contributed by atoms with E-state index in [9.17, 15) is 9.59 Å². The first-order chi connectivity index (χ1) is 15.0. The number of methoxy groups -OCH3 is 2. The van der Waals surface area contributed by atoms with Gasteiger partial charge in [-0.25, -0.2) is 4.79 Å². The van der Waals surface area contributed by atoms with Crippen molar-refractivity contribution in [1.82, 2.24) is 5.32 Å². The Balaban J connectivity index is 1.97. The second kappa shape index (κ2) is 9.94. The maximum atomic E-state index is 13.7. The van der Waals surface area contributed by atoms with Gasteiger partial charge in [-0.05, 0) is 29.7 Å². The molecule has 1 amide bonds. The predicted octanol–water partition coefficient (Wildman–Crippen LogP) is 3.90. The van der Waals surface area contributed by atoms with E-state index in [1.54, 1.807) is 7.11 Å². The van der Waals surface area contributed by atoms with Gasteiger partial charge in [0.15, 0.2) is 0 Å². The molecular weight excluding hydrogens is 390 g/mol. The number of hydrogen-bond donors (Lipinski definition) is 1. The molecule has 0 saturated heterocycles. The van der Waals surface area contributed by atoms with Crippen LogP contribution in [0.3, 0.4) is 0 Å². The van der Waals surface area contributed by atoms with Gasteiger partial charge in [-0.1, -0.05) is 78.9 Å². The van der Waals surface area contributed by atoms with E-state index in [0.717, 1.165) is 16.7 Å². The number of hydrogen-bond acceptors (Lipinski definition) is 4. The largest absolute Gasteiger partial charge is 0.496 e. The van der Waals surface area contributed by atoms with Crippen molar-refractivity contribution in [3.63, 3.8) is 0 Å². The SMILES string of the molecule is COC(=O)[C@@H](Cc1ccccc1OC)NC(=O)C(C)(c1ccccc1)c1ccccc1. The highest BCUT2D eigenvalue weighted by atomic mass is 16.5. The van der Waals surface area contributed by atoms with Gasteiger partial charge in [0.25, 0.3) is 0 Å². The summed E-state index contributed by atoms with van der Waals surface area (Å²) in [5.74, 6) is -0.141. The summed E-state index contributed by atoms with van der Waals surface area (Å²) in [5.41, 5.74) is 1.48. The molecule has 0 bridgehead atoms. The van der Waals surface area contributed by atoms with Crippen LogP contribution in [-0.4, -0.2) is 32.1 Å². The van der Waals surface area contributed by atoms with E-state index < -0.39 is 17.4 Å². The van der Waals surface area contributed by atoms with E-state index >= 15 is 0 Å². The van der Waals surface area contributed by atoms with E-state index in [-0.39, 0.29) is 12.3 Å². The van der Waals surface area contributed by atoms with E-state index in [0.29, 0.717) is 5.75 Å². The van der Waals surface area contributed by atoms with Gasteiger partial charge in [0.2, 0.25) is 5.91 Å². The summed E-state index contributed by atoms with van der Waals surface area (Å²) in [6, 6.07) is 25.6. The molecule has 3 aromatic carbocycles. The van der Waals surface area contributed by atoms with Crippen LogP contribution < -0.4 is 10.1 Å². The van der Waals surface area contributed by atoms with Gasteiger partial charge in [0.1, 0.15) is 11.8 Å². The van der Waals surface area contributed by atoms with Crippen LogP contribution in [0, 0.1) is 0 Å². The lowest BCUT2D eigenvalue weighted by Gasteiger charge is -2.31. The molecular formula is C26H27NO4. The maximum absolute atomic E-state index is 13.7. The second-order valence-electron chi connectivity index (χ2n) is 7.42. The highest BCUT2D eigenvalue weighted by Crippen LogP contribution is 2.32. The molecule has 0 heterocycles. The number of para-hydroxylation sites is 1. The number of benzene rings is 3. The monoisotopic (exact) mass is 417 g/mol. The number of ether oxygens (including phenoxy) is 2. The smallest absolute Gasteiger partial charge is 0.328 e. The molecule has 3 rings (SSSR count). The fourth-order valence-electron chi connectivity index (χ4n) is 3.70. The third-order valence-corrected chi connectivity index (χ3v) is 5.56. The van der Waals surface area contributed by atoms with Crippen molar-refractivity contribution in [3.8, 4) is 5.75 Å². The van der Waals surface area contributed by atoms with E-state index in [1.807, 2.05) is 91.9 Å². The lowest BCUT2D eigenvalue weighted by atomic mass is 9.75. The maximum Gasteiger partial charge on any atom is 0.328 e. The number of rotatable bonds is 8. The molecule has 3 aromatic rings. The summed E-state index contributed by atoms with van der Waals surface area (Å²) in [5, 5.41) is 2.94. The predicted molar refractivity (Wildman–Crippen MR) is 120 cm³/mol. The third-order valence-electron chi connectivity index (χ3n) is 5.56. The molecule has 0 spiro atoms. The molecule has 0 aliphatic carbocycles. The minimum absolute atomic E-state index is 0.252. The highest BCUT2D eigenvalue weighted by Gasteiger charge is 2.39. The number of nitrogens with one attached hydrogen (secondary N) is 1. The van der Waals surface area contributed by atoms with Crippen molar-refractivity contribution < 1.29 is 19.1 Å². The molecule has 0 saturated carbocycles. The molecule has 0 aliphatic rings. The van der Waals surface area contributed by atoms with E-state index in [2.05, 4.69) is 5.32 Å². The zero-order chi connectivity index (χ0) is 22.3. The second-order valence-corrected chi connectivity index (χ2v) is 7.42. The summed E-state index contributed by atoms with van der Waals surface area (Å²) in [7, 11) is 2.89. The fourth-order valence-corrected chi connectivity index (χ4v) is 3.70. The fraction of sp³-hybridized carbons (Fsp3) is 0.231. The van der Waals surface area contributed by atoms with Gasteiger partial charge < -0.3 is 14.8 Å². The number of carbonyl (C=O) groups excluding carboxylic acids is 2. The number of esters is 1. The summed E-state index contributed by atoms with van der Waals surface area (Å²) in [6.45, 7) is 1.87. The molecule has 0 unspecified atom stereocenters. The van der Waals surface area contributed by atoms with Crippen molar-refractivity contribution in [1.29, 1.82) is 0 Å². The lowest BCUT2D eigenvalue weighted by Crippen LogP contribution is -2.51. The van der Waals surface area contributed by atoms with Crippen molar-refractivity contribution in [3.05, 3.63) is 102 Å². The van der Waals surface area contributed by atoms with Crippen LogP contribution >= 0.6 is 0 Å². The van der Waals surface area contributed by atoms with Crippen molar-refractivity contribution in [2.75, 3.05) is 14.2 Å². The number of amides is 1. The van der Waals surface area contributed by atoms with Crippen molar-refractivity contribution in [2.24, 2.45) is 0 Å². The summed E-state index contributed by atoms with van der Waals surface area (Å²) in [6.07, 6.45) is 0.252. The van der Waals surface area contributed by atoms with Crippen LogP contribution in [0.15, 0.2) is 84.9 Å². The first kappa shape index (κ1) is 22.1. The summed E-state index contributed by atoms with van der Waals surface area (Å²) < 4.78 is 10.4. The zero-order valence-electron chi connectivity index (χ0n) is 18.0. The zero-order valence-corrected chi connectivity index (χ0v) is 18.0. The molecule has 1 atom stereocenters. The van der Waals surface area contributed by atoms with Crippen molar-refractivity contribution in [2.45, 2.75) is 24.8 Å². The normalized spacial score (nSPS) is 12.0. The number of carbonyl (C=O) groups is 2. The van der Waals surface area contributed by atoms with Crippen LogP contribution in [0.1, 0.15) is 23.6 Å². The van der Waals surface area contributed by atoms with Crippen LogP contribution in [0.25, 0.3) is 0 Å². The Kier molecular flexibility index (Phi) is 7.08. The minimum atomic E-state index is -0.991. The lowest BCUT2D eigenvalue weighted by molar-refractivity contribution is -0.145. The first-order valence-electron chi connectivity index (χ1n) is 10.1. The Morgan fingerprint density at radius 2 is 1.35 bits per heavy atom. The van der Waals surface area contributed by atoms with E-state index in [1.165, 1.54) is 7.11 Å². The molecule has 0 aliphatic heterocycles. The molecule has 1 N–H and O–H groups in total. The van der Waals surface area contributed by atoms with Gasteiger partial charge in [0.05, 0.1) is 19.6 Å². The Bertz CT molecular complexity index is 978. The summed E-state index contributed by atoms with van der Waals surface area (Å²) in [4.78, 5) is 26.3. The topological polar surface area (TPSA) is 64.6 Å². The van der Waals surface area contributed by atoms with E-state index in [4.69, 9.17) is 9.47 Å². The van der Waals surface area contributed by atoms with Gasteiger partial charge >= 0.3 is 5.97 Å². The average molecular weight is 418 g/mol. The molecule has 0 aromatic heterocycles. The van der Waals surface area contributed by atoms with Gasteiger partial charge in [-0.3, -0.25) is 4.79 Å². The third kappa shape index (κ3) is 4.77. The highest BCUT2D eigenvalue weighted by molar-refractivity contribution is 5.94. The van der Waals surface area contributed by atoms with Gasteiger partial charge in [-0.15, -0.1) is 0 Å². The Hall–Kier alpha value is -3.60. The van der Waals surface area contributed by atoms with Crippen LogP contribution in [0.2, 0.25) is 0 Å². The quantitative estimate of drug-likeness (QED) is 0.565. The van der Waals surface area contributed by atoms with Crippen LogP contribution in [-0.2, 0) is 26.2 Å². The standard InChI is InChI=1S/C26H27NO4/c1-26(20-13-6-4-7-14-20,21-15-8-5-9-16-21)25(29)27-22(24(28)31-3)18-19-12-10-11-17-23(19)30-2/h4-17,22H,18H2,1-3H3,(H,27,29)/t22-/m1/s1. The Morgan fingerprint density at radius 1 is 0.839 bits per heavy atom.